The van der Waals surface area contributed by atoms with E-state index in [0.29, 0.717) is 11.7 Å². The van der Waals surface area contributed by atoms with E-state index in [1.807, 2.05) is 25.1 Å². The van der Waals surface area contributed by atoms with Gasteiger partial charge in [-0.3, -0.25) is 4.79 Å². The van der Waals surface area contributed by atoms with E-state index in [9.17, 15) is 9.59 Å². The molecule has 1 aromatic heterocycles. The Hall–Kier alpha value is -2.41. The lowest BCUT2D eigenvalue weighted by atomic mass is 10.1. The second-order valence-corrected chi connectivity index (χ2v) is 6.28. The van der Waals surface area contributed by atoms with Gasteiger partial charge >= 0.3 is 6.03 Å². The molecule has 1 fully saturated rings. The lowest BCUT2D eigenvalue weighted by molar-refractivity contribution is -0.117. The summed E-state index contributed by atoms with van der Waals surface area (Å²) in [5.41, 5.74) is 2.14. The topological polar surface area (TPSA) is 83.1 Å². The molecule has 3 rings (SSSR count). The van der Waals surface area contributed by atoms with Crippen molar-refractivity contribution in [1.29, 1.82) is 0 Å². The molecule has 0 saturated carbocycles. The van der Waals surface area contributed by atoms with Crippen LogP contribution < -0.4 is 16.0 Å². The molecular weight excluding hydrogens is 300 g/mol. The van der Waals surface area contributed by atoms with Crippen molar-refractivity contribution in [3.05, 3.63) is 46.5 Å². The maximum atomic E-state index is 12.0. The fraction of sp³-hybridized carbons (Fsp3) is 0.267. The lowest BCUT2D eigenvalue weighted by Crippen LogP contribution is -2.38. The van der Waals surface area contributed by atoms with Crippen LogP contribution in [0.5, 0.6) is 0 Å². The molecule has 0 aliphatic carbocycles. The van der Waals surface area contributed by atoms with Gasteiger partial charge in [-0.05, 0) is 12.5 Å². The Bertz CT molecular complexity index is 699. The van der Waals surface area contributed by atoms with Crippen LogP contribution in [0, 0.1) is 6.92 Å². The minimum absolute atomic E-state index is 0.252. The third-order valence-corrected chi connectivity index (χ3v) is 4.35. The minimum atomic E-state index is -0.547. The molecule has 1 saturated heterocycles. The predicted octanol–water partition coefficient (Wildman–Crippen LogP) is 1.66. The highest BCUT2D eigenvalue weighted by Gasteiger charge is 2.27. The minimum Gasteiger partial charge on any atom is -0.336 e. The number of hydrogen-bond donors (Lipinski definition) is 3. The average molecular weight is 316 g/mol. The average Bonchev–Trinajstić information content (AvgIpc) is 3.07. The van der Waals surface area contributed by atoms with E-state index in [4.69, 9.17) is 0 Å². The molecule has 0 bridgehead atoms. The van der Waals surface area contributed by atoms with E-state index in [0.717, 1.165) is 17.0 Å². The van der Waals surface area contributed by atoms with Gasteiger partial charge < -0.3 is 16.0 Å². The summed E-state index contributed by atoms with van der Waals surface area (Å²) in [5, 5.41) is 8.44. The summed E-state index contributed by atoms with van der Waals surface area (Å²) >= 11 is 1.45. The molecule has 114 valence electrons. The molecule has 22 heavy (non-hydrogen) atoms. The highest BCUT2D eigenvalue weighted by Crippen LogP contribution is 2.24. The second-order valence-electron chi connectivity index (χ2n) is 5.08. The van der Waals surface area contributed by atoms with Gasteiger partial charge in [0.05, 0.1) is 5.69 Å². The summed E-state index contributed by atoms with van der Waals surface area (Å²) in [7, 11) is 0. The van der Waals surface area contributed by atoms with Gasteiger partial charge in [-0.2, -0.15) is 0 Å². The van der Waals surface area contributed by atoms with Gasteiger partial charge in [0.25, 0.3) is 5.91 Å². The van der Waals surface area contributed by atoms with Crippen LogP contribution in [0.2, 0.25) is 0 Å². The largest absolute Gasteiger partial charge is 0.336 e. The van der Waals surface area contributed by atoms with E-state index in [1.54, 1.807) is 0 Å². The summed E-state index contributed by atoms with van der Waals surface area (Å²) in [4.78, 5) is 28.7. The van der Waals surface area contributed by atoms with E-state index in [-0.39, 0.29) is 11.9 Å². The van der Waals surface area contributed by atoms with Crippen LogP contribution >= 0.6 is 11.3 Å². The van der Waals surface area contributed by atoms with E-state index < -0.39 is 6.04 Å². The molecule has 0 spiro atoms. The van der Waals surface area contributed by atoms with Gasteiger partial charge in [-0.15, -0.1) is 11.3 Å². The van der Waals surface area contributed by atoms with Gasteiger partial charge in [0.15, 0.2) is 5.13 Å². The first-order chi connectivity index (χ1) is 10.6. The lowest BCUT2D eigenvalue weighted by Gasteiger charge is -2.06. The number of thiazole rings is 1. The molecule has 3 amide bonds. The summed E-state index contributed by atoms with van der Waals surface area (Å²) in [6.07, 6.45) is 0.737. The molecule has 1 aromatic carbocycles. The Kier molecular flexibility index (Phi) is 4.06. The quantitative estimate of drug-likeness (QED) is 0.802. The Morgan fingerprint density at radius 2 is 2.18 bits per heavy atom. The van der Waals surface area contributed by atoms with Crippen LogP contribution in [0.15, 0.2) is 30.3 Å². The van der Waals surface area contributed by atoms with Crippen molar-refractivity contribution in [2.45, 2.75) is 19.4 Å². The normalized spacial score (nSPS) is 17.0. The van der Waals surface area contributed by atoms with Crippen LogP contribution in [0.1, 0.15) is 16.1 Å². The van der Waals surface area contributed by atoms with Crippen LogP contribution in [0.25, 0.3) is 0 Å². The van der Waals surface area contributed by atoms with Crippen molar-refractivity contribution in [3.8, 4) is 0 Å². The number of carbonyl (C=O) groups is 2. The number of amides is 3. The Balaban J connectivity index is 1.67. The number of benzene rings is 1. The zero-order valence-corrected chi connectivity index (χ0v) is 12.9. The number of aromatic nitrogens is 1. The van der Waals surface area contributed by atoms with Gasteiger partial charge in [-0.25, -0.2) is 9.78 Å². The molecule has 1 aliphatic heterocycles. The van der Waals surface area contributed by atoms with Crippen LogP contribution in [-0.4, -0.2) is 29.5 Å². The smallest absolute Gasteiger partial charge is 0.315 e. The number of urea groups is 1. The molecule has 0 unspecified atom stereocenters. The standard InChI is InChI=1S/C15H16N4O2S/c1-9-11(7-10-5-3-2-4-6-10)18-15(22-9)19-13(20)12-8-16-14(21)17-12/h2-6,12H,7-8H2,1H3,(H2,16,17,21)(H,18,19,20)/t12-/m1/s1. The monoisotopic (exact) mass is 316 g/mol. The van der Waals surface area contributed by atoms with Crippen molar-refractivity contribution in [2.24, 2.45) is 0 Å². The van der Waals surface area contributed by atoms with Gasteiger partial charge in [-0.1, -0.05) is 30.3 Å². The van der Waals surface area contributed by atoms with Crippen molar-refractivity contribution < 1.29 is 9.59 Å². The van der Waals surface area contributed by atoms with Gasteiger partial charge in [0, 0.05) is 17.8 Å². The fourth-order valence-electron chi connectivity index (χ4n) is 2.24. The van der Waals surface area contributed by atoms with E-state index >= 15 is 0 Å². The predicted molar refractivity (Wildman–Crippen MR) is 85.1 cm³/mol. The van der Waals surface area contributed by atoms with Crippen molar-refractivity contribution in [2.75, 3.05) is 11.9 Å². The van der Waals surface area contributed by atoms with Crippen molar-refractivity contribution >= 4 is 28.4 Å². The molecule has 2 heterocycles. The highest BCUT2D eigenvalue weighted by atomic mass is 32.1. The zero-order valence-electron chi connectivity index (χ0n) is 12.1. The number of nitrogens with one attached hydrogen (secondary N) is 3. The van der Waals surface area contributed by atoms with Crippen molar-refractivity contribution in [1.82, 2.24) is 15.6 Å². The highest BCUT2D eigenvalue weighted by molar-refractivity contribution is 7.15. The molecule has 0 radical (unpaired) electrons. The molecule has 6 nitrogen and oxygen atoms in total. The summed E-state index contributed by atoms with van der Waals surface area (Å²) in [5.74, 6) is -0.252. The third-order valence-electron chi connectivity index (χ3n) is 3.43. The van der Waals surface area contributed by atoms with Crippen LogP contribution in [0.4, 0.5) is 9.93 Å². The summed E-state index contributed by atoms with van der Waals surface area (Å²) in [6, 6.07) is 9.21. The molecule has 7 heteroatoms. The Morgan fingerprint density at radius 1 is 1.41 bits per heavy atom. The number of nitrogens with zero attached hydrogens (tertiary/aromatic N) is 1. The first-order valence-electron chi connectivity index (χ1n) is 6.97. The number of rotatable bonds is 4. The number of hydrogen-bond acceptors (Lipinski definition) is 4. The molecule has 2 aromatic rings. The molecule has 1 atom stereocenters. The number of anilines is 1. The zero-order chi connectivity index (χ0) is 15.5. The van der Waals surface area contributed by atoms with Gasteiger partial charge in [0.2, 0.25) is 0 Å². The summed E-state index contributed by atoms with van der Waals surface area (Å²) in [6.45, 7) is 2.29. The van der Waals surface area contributed by atoms with Crippen LogP contribution in [-0.2, 0) is 11.2 Å². The van der Waals surface area contributed by atoms with Crippen LogP contribution in [0.3, 0.4) is 0 Å². The van der Waals surface area contributed by atoms with E-state index in [2.05, 4.69) is 33.1 Å². The van der Waals surface area contributed by atoms with Gasteiger partial charge in [0.1, 0.15) is 6.04 Å². The number of aryl methyl sites for hydroxylation is 1. The maximum Gasteiger partial charge on any atom is 0.315 e. The molecule has 1 aliphatic rings. The first kappa shape index (κ1) is 14.5. The van der Waals surface area contributed by atoms with E-state index in [1.165, 1.54) is 16.9 Å². The SMILES string of the molecule is Cc1sc(NC(=O)[C@H]2CNC(=O)N2)nc1Cc1ccccc1. The Labute approximate surface area is 132 Å². The molecular formula is C15H16N4O2S. The number of carbonyl (C=O) groups excluding carboxylic acids is 2. The van der Waals surface area contributed by atoms with Crippen molar-refractivity contribution in [3.63, 3.8) is 0 Å². The first-order valence-corrected chi connectivity index (χ1v) is 7.79. The Morgan fingerprint density at radius 3 is 2.86 bits per heavy atom. The third kappa shape index (κ3) is 3.25. The fourth-order valence-corrected chi connectivity index (χ4v) is 3.07. The second kappa shape index (κ2) is 6.15. The maximum absolute atomic E-state index is 12.0. The molecule has 3 N–H and O–H groups in total. The summed E-state index contributed by atoms with van der Waals surface area (Å²) < 4.78 is 0.